The third-order valence-electron chi connectivity index (χ3n) is 3.22. The molecule has 8 nitrogen and oxygen atoms in total. The van der Waals surface area contributed by atoms with Crippen LogP contribution in [-0.2, 0) is 9.53 Å². The Labute approximate surface area is 134 Å². The van der Waals surface area contributed by atoms with Crippen molar-refractivity contribution in [3.63, 3.8) is 0 Å². The number of nitrogens with one attached hydrogen (secondary N) is 1. The van der Waals surface area contributed by atoms with Gasteiger partial charge in [-0.25, -0.2) is 0 Å². The van der Waals surface area contributed by atoms with E-state index in [0.717, 1.165) is 0 Å². The lowest BCUT2D eigenvalue weighted by molar-refractivity contribution is -0.124. The Morgan fingerprint density at radius 2 is 2.13 bits per heavy atom. The van der Waals surface area contributed by atoms with E-state index in [0.29, 0.717) is 23.0 Å². The lowest BCUT2D eigenvalue weighted by atomic mass is 10.0. The molecule has 1 amide bonds. The summed E-state index contributed by atoms with van der Waals surface area (Å²) in [4.78, 5) is 16.5. The van der Waals surface area contributed by atoms with Gasteiger partial charge in [0.2, 0.25) is 11.8 Å². The molecule has 0 bridgehead atoms. The molecule has 23 heavy (non-hydrogen) atoms. The number of methoxy groups -OCH3 is 2. The summed E-state index contributed by atoms with van der Waals surface area (Å²) in [5.74, 6) is 0.936. The molecule has 2 aromatic rings. The van der Waals surface area contributed by atoms with Gasteiger partial charge in [-0.1, -0.05) is 23.4 Å². The first-order valence-corrected chi connectivity index (χ1v) is 7.04. The van der Waals surface area contributed by atoms with Gasteiger partial charge in [0.05, 0.1) is 13.7 Å². The lowest BCUT2D eigenvalue weighted by Gasteiger charge is -2.20. The van der Waals surface area contributed by atoms with Gasteiger partial charge in [-0.2, -0.15) is 4.98 Å². The van der Waals surface area contributed by atoms with Crippen LogP contribution >= 0.6 is 0 Å². The van der Waals surface area contributed by atoms with Crippen LogP contribution in [0.5, 0.6) is 5.75 Å². The molecule has 0 radical (unpaired) electrons. The van der Waals surface area contributed by atoms with Crippen LogP contribution in [0.1, 0.15) is 23.3 Å². The number of ether oxygens (including phenoxy) is 2. The van der Waals surface area contributed by atoms with Gasteiger partial charge in [0.1, 0.15) is 17.8 Å². The summed E-state index contributed by atoms with van der Waals surface area (Å²) in [6.07, 6.45) is 0. The maximum atomic E-state index is 12.3. The lowest BCUT2D eigenvalue weighted by Crippen LogP contribution is -2.45. The molecule has 2 atom stereocenters. The number of aryl methyl sites for hydroxylation is 1. The molecule has 2 rings (SSSR count). The van der Waals surface area contributed by atoms with E-state index >= 15 is 0 Å². The number of benzene rings is 1. The number of nitrogens with two attached hydrogens (primary N) is 1. The largest absolute Gasteiger partial charge is 0.496 e. The first kappa shape index (κ1) is 16.9. The quantitative estimate of drug-likeness (QED) is 0.766. The number of carbonyl (C=O) groups excluding carboxylic acids is 1. The van der Waals surface area contributed by atoms with Gasteiger partial charge in [-0.15, -0.1) is 0 Å². The third-order valence-corrected chi connectivity index (χ3v) is 3.22. The van der Waals surface area contributed by atoms with Gasteiger partial charge in [0, 0.05) is 19.6 Å². The van der Waals surface area contributed by atoms with Crippen molar-refractivity contribution in [2.75, 3.05) is 20.8 Å². The molecular weight excluding hydrogens is 300 g/mol. The van der Waals surface area contributed by atoms with E-state index in [4.69, 9.17) is 19.7 Å². The number of rotatable bonds is 7. The maximum Gasteiger partial charge on any atom is 0.240 e. The van der Waals surface area contributed by atoms with Crippen LogP contribution in [0.2, 0.25) is 0 Å². The Kier molecular flexibility index (Phi) is 5.67. The Morgan fingerprint density at radius 3 is 2.74 bits per heavy atom. The molecule has 124 valence electrons. The van der Waals surface area contributed by atoms with Gasteiger partial charge in [-0.3, -0.25) is 4.79 Å². The molecule has 3 N–H and O–H groups in total. The minimum Gasteiger partial charge on any atom is -0.496 e. The van der Waals surface area contributed by atoms with Crippen LogP contribution in [0.3, 0.4) is 0 Å². The fraction of sp³-hybridized carbons (Fsp3) is 0.400. The Hall–Kier alpha value is -2.45. The zero-order chi connectivity index (χ0) is 16.8. The highest BCUT2D eigenvalue weighted by atomic mass is 16.5. The average Bonchev–Trinajstić information content (AvgIpc) is 2.98. The summed E-state index contributed by atoms with van der Waals surface area (Å²) in [5.41, 5.74) is 6.48. The van der Waals surface area contributed by atoms with E-state index in [2.05, 4.69) is 15.5 Å². The predicted molar refractivity (Wildman–Crippen MR) is 81.9 cm³/mol. The number of aromatic nitrogens is 2. The van der Waals surface area contributed by atoms with Crippen molar-refractivity contribution in [3.8, 4) is 5.75 Å². The Balaban J connectivity index is 2.35. The van der Waals surface area contributed by atoms with Crippen LogP contribution in [0.15, 0.2) is 28.8 Å². The number of amides is 1. The van der Waals surface area contributed by atoms with Gasteiger partial charge in [-0.05, 0) is 6.07 Å². The second-order valence-electron chi connectivity index (χ2n) is 4.92. The van der Waals surface area contributed by atoms with E-state index < -0.39 is 12.1 Å². The fourth-order valence-electron chi connectivity index (χ4n) is 2.12. The molecule has 1 aromatic heterocycles. The molecular formula is C15H20N4O4. The molecule has 0 fully saturated rings. The van der Waals surface area contributed by atoms with E-state index in [1.165, 1.54) is 7.11 Å². The van der Waals surface area contributed by atoms with E-state index in [1.807, 2.05) is 18.2 Å². The van der Waals surface area contributed by atoms with Crippen LogP contribution in [-0.4, -0.2) is 42.9 Å². The van der Waals surface area contributed by atoms with Crippen molar-refractivity contribution >= 4 is 5.91 Å². The topological polar surface area (TPSA) is 112 Å². The van der Waals surface area contributed by atoms with Crippen molar-refractivity contribution in [3.05, 3.63) is 41.5 Å². The predicted octanol–water partition coefficient (Wildman–Crippen LogP) is 0.566. The zero-order valence-electron chi connectivity index (χ0n) is 13.3. The van der Waals surface area contributed by atoms with E-state index in [-0.39, 0.29) is 12.5 Å². The molecule has 0 aliphatic heterocycles. The first-order chi connectivity index (χ1) is 11.1. The van der Waals surface area contributed by atoms with Crippen molar-refractivity contribution in [1.82, 2.24) is 15.5 Å². The highest BCUT2D eigenvalue weighted by Crippen LogP contribution is 2.28. The molecule has 2 unspecified atom stereocenters. The van der Waals surface area contributed by atoms with Crippen molar-refractivity contribution < 1.29 is 18.8 Å². The molecule has 1 heterocycles. The highest BCUT2D eigenvalue weighted by Gasteiger charge is 2.26. The van der Waals surface area contributed by atoms with Crippen molar-refractivity contribution in [2.24, 2.45) is 5.73 Å². The molecule has 1 aromatic carbocycles. The summed E-state index contributed by atoms with van der Waals surface area (Å²) >= 11 is 0. The number of hydrogen-bond donors (Lipinski definition) is 2. The minimum absolute atomic E-state index is 0.107. The maximum absolute atomic E-state index is 12.3. The van der Waals surface area contributed by atoms with Gasteiger partial charge in [0.25, 0.3) is 0 Å². The average molecular weight is 320 g/mol. The molecule has 0 aliphatic carbocycles. The minimum atomic E-state index is -0.801. The number of nitrogens with zero attached hydrogens (tertiary/aromatic N) is 2. The van der Waals surface area contributed by atoms with Crippen LogP contribution in [0.25, 0.3) is 0 Å². The van der Waals surface area contributed by atoms with E-state index in [9.17, 15) is 4.79 Å². The molecule has 0 saturated carbocycles. The normalized spacial score (nSPS) is 13.4. The Morgan fingerprint density at radius 1 is 1.39 bits per heavy atom. The number of para-hydroxylation sites is 1. The second-order valence-corrected chi connectivity index (χ2v) is 4.92. The van der Waals surface area contributed by atoms with Gasteiger partial charge in [0.15, 0.2) is 5.82 Å². The monoisotopic (exact) mass is 320 g/mol. The number of hydrogen-bond acceptors (Lipinski definition) is 7. The third kappa shape index (κ3) is 4.05. The zero-order valence-corrected chi connectivity index (χ0v) is 13.3. The Bertz CT molecular complexity index is 658. The van der Waals surface area contributed by atoms with Gasteiger partial charge >= 0.3 is 0 Å². The first-order valence-electron chi connectivity index (χ1n) is 7.04. The van der Waals surface area contributed by atoms with Crippen LogP contribution < -0.4 is 15.8 Å². The molecule has 8 heteroatoms. The highest BCUT2D eigenvalue weighted by molar-refractivity contribution is 5.82. The summed E-state index contributed by atoms with van der Waals surface area (Å²) in [6.45, 7) is 1.78. The van der Waals surface area contributed by atoms with Crippen LogP contribution in [0, 0.1) is 6.92 Å². The summed E-state index contributed by atoms with van der Waals surface area (Å²) in [5, 5.41) is 6.71. The summed E-state index contributed by atoms with van der Waals surface area (Å²) in [7, 11) is 3.03. The molecule has 0 spiro atoms. The molecule has 0 saturated heterocycles. The van der Waals surface area contributed by atoms with Crippen LogP contribution in [0.4, 0.5) is 0 Å². The van der Waals surface area contributed by atoms with E-state index in [1.54, 1.807) is 20.1 Å². The second kappa shape index (κ2) is 7.70. The fourth-order valence-corrected chi connectivity index (χ4v) is 2.12. The summed E-state index contributed by atoms with van der Waals surface area (Å²) in [6, 6.07) is 5.83. The summed E-state index contributed by atoms with van der Waals surface area (Å²) < 4.78 is 15.3. The smallest absolute Gasteiger partial charge is 0.240 e. The van der Waals surface area contributed by atoms with Crippen molar-refractivity contribution in [1.29, 1.82) is 0 Å². The standard InChI is InChI=1S/C15H20N4O4/c1-9-17-14(19-23-9)13(18-15(20)11(16)8-21-2)10-6-4-5-7-12(10)22-3/h4-7,11,13H,8,16H2,1-3H3,(H,18,20). The molecule has 0 aliphatic rings. The van der Waals surface area contributed by atoms with Gasteiger partial charge < -0.3 is 25.0 Å². The van der Waals surface area contributed by atoms with Crippen molar-refractivity contribution in [2.45, 2.75) is 19.0 Å². The number of carbonyl (C=O) groups is 1. The SMILES string of the molecule is COCC(N)C(=O)NC(c1noc(C)n1)c1ccccc1OC.